The molecular formula is C27H35F2N3O8S. The largest absolute Gasteiger partial charge is 0.598 e. The zero-order valence-corrected chi connectivity index (χ0v) is 24.0. The summed E-state index contributed by atoms with van der Waals surface area (Å²) in [6.07, 6.45) is -1.17. The Morgan fingerprint density at radius 2 is 1.73 bits per heavy atom. The second-order valence-corrected chi connectivity index (χ2v) is 13.2. The van der Waals surface area contributed by atoms with E-state index in [1.807, 2.05) is 5.32 Å². The SMILES string of the molecule is CC(C)(C)[S+]([O-])NC(c1cc(OC2CCOCC2)ccc1F)C(F)C(=O)C1C(=O)NC(=O)N(C2CCOCC2)C1=O. The molecule has 11 nitrogen and oxygen atoms in total. The van der Waals surface area contributed by atoms with Crippen LogP contribution in [-0.4, -0.2) is 82.6 Å². The third-order valence-corrected chi connectivity index (χ3v) is 8.74. The van der Waals surface area contributed by atoms with E-state index in [1.165, 1.54) is 12.1 Å². The van der Waals surface area contributed by atoms with Crippen LogP contribution in [0, 0.1) is 11.7 Å². The van der Waals surface area contributed by atoms with Crippen LogP contribution < -0.4 is 14.8 Å². The van der Waals surface area contributed by atoms with Crippen molar-refractivity contribution in [3.8, 4) is 5.75 Å². The van der Waals surface area contributed by atoms with Crippen LogP contribution in [0.5, 0.6) is 5.75 Å². The van der Waals surface area contributed by atoms with Gasteiger partial charge in [0.15, 0.2) is 17.9 Å². The number of barbiturate groups is 1. The molecule has 3 aliphatic heterocycles. The molecule has 41 heavy (non-hydrogen) atoms. The van der Waals surface area contributed by atoms with E-state index in [1.54, 1.807) is 20.8 Å². The molecule has 4 amide bonds. The molecule has 0 aromatic heterocycles. The Balaban J connectivity index is 1.64. The molecule has 1 aromatic rings. The van der Waals surface area contributed by atoms with Crippen LogP contribution in [0.15, 0.2) is 18.2 Å². The highest BCUT2D eigenvalue weighted by atomic mass is 32.2. The summed E-state index contributed by atoms with van der Waals surface area (Å²) in [4.78, 5) is 52.8. The topological polar surface area (TPSA) is 146 Å². The highest BCUT2D eigenvalue weighted by Gasteiger charge is 2.51. The Kier molecular flexibility index (Phi) is 10.0. The zero-order valence-electron chi connectivity index (χ0n) is 23.2. The van der Waals surface area contributed by atoms with Gasteiger partial charge in [-0.3, -0.25) is 24.6 Å². The van der Waals surface area contributed by atoms with Gasteiger partial charge in [0.05, 0.1) is 13.2 Å². The van der Waals surface area contributed by atoms with Crippen LogP contribution in [0.2, 0.25) is 0 Å². The summed E-state index contributed by atoms with van der Waals surface area (Å²) in [5.74, 6) is -6.83. The van der Waals surface area contributed by atoms with Crippen molar-refractivity contribution >= 4 is 35.0 Å². The smallest absolute Gasteiger partial charge is 0.331 e. The Bertz CT molecular complexity index is 1150. The molecule has 0 aliphatic carbocycles. The first-order valence-electron chi connectivity index (χ1n) is 13.5. The zero-order chi connectivity index (χ0) is 29.9. The number of imide groups is 2. The number of Topliss-reactive ketones (excluding diaryl/α,β-unsaturated/α-hetero) is 1. The number of rotatable bonds is 9. The van der Waals surface area contributed by atoms with Crippen LogP contribution in [0.1, 0.15) is 58.1 Å². The summed E-state index contributed by atoms with van der Waals surface area (Å²) in [6, 6.07) is 0.116. The number of nitrogens with one attached hydrogen (secondary N) is 2. The molecule has 4 unspecified atom stereocenters. The third-order valence-electron chi connectivity index (χ3n) is 7.16. The number of benzene rings is 1. The number of hydrogen-bond acceptors (Lipinski definition) is 9. The average Bonchev–Trinajstić information content (AvgIpc) is 2.92. The molecule has 3 aliphatic rings. The van der Waals surface area contributed by atoms with E-state index in [0.29, 0.717) is 26.1 Å². The quantitative estimate of drug-likeness (QED) is 0.322. The van der Waals surface area contributed by atoms with E-state index < -0.39 is 69.7 Å². The highest BCUT2D eigenvalue weighted by molar-refractivity contribution is 7.90. The second kappa shape index (κ2) is 13.1. The van der Waals surface area contributed by atoms with Crippen LogP contribution in [0.4, 0.5) is 13.6 Å². The van der Waals surface area contributed by atoms with E-state index in [2.05, 4.69) is 4.72 Å². The number of ether oxygens (including phenoxy) is 3. The molecule has 0 radical (unpaired) electrons. The van der Waals surface area contributed by atoms with E-state index in [9.17, 15) is 23.7 Å². The van der Waals surface area contributed by atoms with Crippen LogP contribution >= 0.6 is 0 Å². The number of urea groups is 1. The third kappa shape index (κ3) is 7.23. The number of amides is 4. The minimum Gasteiger partial charge on any atom is -0.598 e. The van der Waals surface area contributed by atoms with Gasteiger partial charge in [0.1, 0.15) is 28.5 Å². The Morgan fingerprint density at radius 1 is 1.12 bits per heavy atom. The van der Waals surface area contributed by atoms with Crippen molar-refractivity contribution < 1.29 is 46.7 Å². The predicted molar refractivity (Wildman–Crippen MR) is 142 cm³/mol. The average molecular weight is 600 g/mol. The molecule has 0 saturated carbocycles. The first-order valence-corrected chi connectivity index (χ1v) is 14.7. The summed E-state index contributed by atoms with van der Waals surface area (Å²) >= 11 is -2.00. The maximum Gasteiger partial charge on any atom is 0.331 e. The summed E-state index contributed by atoms with van der Waals surface area (Å²) in [5.41, 5.74) is -0.367. The molecule has 0 spiro atoms. The number of halogens is 2. The van der Waals surface area contributed by atoms with Gasteiger partial charge < -0.3 is 18.8 Å². The monoisotopic (exact) mass is 599 g/mol. The summed E-state index contributed by atoms with van der Waals surface area (Å²) < 4.78 is 62.5. The molecule has 0 bridgehead atoms. The fourth-order valence-corrected chi connectivity index (χ4v) is 5.68. The molecule has 2 N–H and O–H groups in total. The molecule has 4 rings (SSSR count). The van der Waals surface area contributed by atoms with Gasteiger partial charge >= 0.3 is 6.03 Å². The molecule has 3 saturated heterocycles. The number of ketones is 1. The predicted octanol–water partition coefficient (Wildman–Crippen LogP) is 2.26. The lowest BCUT2D eigenvalue weighted by atomic mass is 9.89. The summed E-state index contributed by atoms with van der Waals surface area (Å²) in [7, 11) is 0. The molecule has 4 atom stereocenters. The van der Waals surface area contributed by atoms with Gasteiger partial charge in [-0.1, -0.05) is 0 Å². The van der Waals surface area contributed by atoms with Crippen molar-refractivity contribution in [3.63, 3.8) is 0 Å². The number of alkyl halides is 1. The first kappa shape index (κ1) is 31.3. The normalized spacial score (nSPS) is 23.6. The van der Waals surface area contributed by atoms with E-state index in [-0.39, 0.29) is 43.5 Å². The fraction of sp³-hybridized carbons (Fsp3) is 0.630. The standard InChI is InChI=1S/C27H35F2N3O8S/c1-27(2,3)41(37)31-22(18-14-17(4-5-19(18)28)40-16-8-12-39-13-9-16)21(29)23(33)20-24(34)30-26(36)32(25(20)35)15-6-10-38-11-7-15/h4-5,14-16,20-22,31H,6-13H2,1-3H3,(H,30,34,36). The van der Waals surface area contributed by atoms with Crippen LogP contribution in [0.25, 0.3) is 0 Å². The fourth-order valence-electron chi connectivity index (χ4n) is 4.85. The Labute approximate surface area is 239 Å². The van der Waals surface area contributed by atoms with Crippen LogP contribution in [-0.2, 0) is 35.2 Å². The van der Waals surface area contributed by atoms with Gasteiger partial charge in [-0.2, -0.15) is 0 Å². The molecule has 14 heteroatoms. The highest BCUT2D eigenvalue weighted by Crippen LogP contribution is 2.33. The van der Waals surface area contributed by atoms with Crippen molar-refractivity contribution in [1.29, 1.82) is 0 Å². The number of carbonyl (C=O) groups is 4. The van der Waals surface area contributed by atoms with Crippen molar-refractivity contribution in [3.05, 3.63) is 29.6 Å². The number of hydrogen-bond donors (Lipinski definition) is 2. The van der Waals surface area contributed by atoms with Crippen molar-refractivity contribution in [2.24, 2.45) is 5.92 Å². The van der Waals surface area contributed by atoms with Gasteiger partial charge in [0.2, 0.25) is 5.91 Å². The van der Waals surface area contributed by atoms with E-state index in [0.717, 1.165) is 11.0 Å². The molecule has 1 aromatic carbocycles. The lowest BCUT2D eigenvalue weighted by molar-refractivity contribution is -0.151. The lowest BCUT2D eigenvalue weighted by Crippen LogP contribution is -2.64. The van der Waals surface area contributed by atoms with Gasteiger partial charge in [-0.25, -0.2) is 13.6 Å². The van der Waals surface area contributed by atoms with E-state index >= 15 is 8.78 Å². The van der Waals surface area contributed by atoms with E-state index in [4.69, 9.17) is 14.2 Å². The molecule has 226 valence electrons. The second-order valence-electron chi connectivity index (χ2n) is 11.2. The Hall–Kier alpha value is -2.65. The van der Waals surface area contributed by atoms with Crippen LogP contribution in [0.3, 0.4) is 0 Å². The summed E-state index contributed by atoms with van der Waals surface area (Å²) in [6.45, 7) is 6.28. The maximum atomic E-state index is 16.2. The van der Waals surface area contributed by atoms with Crippen molar-refractivity contribution in [2.45, 2.75) is 75.6 Å². The minimum absolute atomic E-state index is 0.198. The molecule has 3 heterocycles. The minimum atomic E-state index is -2.70. The first-order chi connectivity index (χ1) is 19.4. The Morgan fingerprint density at radius 3 is 2.34 bits per heavy atom. The number of nitrogens with zero attached hydrogens (tertiary/aromatic N) is 1. The maximum absolute atomic E-state index is 16.2. The van der Waals surface area contributed by atoms with Gasteiger partial charge in [0, 0.05) is 49.0 Å². The van der Waals surface area contributed by atoms with Gasteiger partial charge in [-0.15, -0.1) is 4.72 Å². The molecular weight excluding hydrogens is 564 g/mol. The number of carbonyl (C=O) groups excluding carboxylic acids is 4. The summed E-state index contributed by atoms with van der Waals surface area (Å²) in [5, 5.41) is 1.97. The lowest BCUT2D eigenvalue weighted by Gasteiger charge is -2.37. The van der Waals surface area contributed by atoms with Gasteiger partial charge in [-0.05, 0) is 51.8 Å². The molecule has 3 fully saturated rings. The van der Waals surface area contributed by atoms with Gasteiger partial charge in [0.25, 0.3) is 5.91 Å². The van der Waals surface area contributed by atoms with Crippen molar-refractivity contribution in [2.75, 3.05) is 26.4 Å². The van der Waals surface area contributed by atoms with Crippen molar-refractivity contribution in [1.82, 2.24) is 14.9 Å².